The van der Waals surface area contributed by atoms with Crippen LogP contribution in [0.2, 0.25) is 0 Å². The zero-order valence-corrected chi connectivity index (χ0v) is 12.5. The number of nitrogens with zero attached hydrogens (tertiary/aromatic N) is 2. The lowest BCUT2D eigenvalue weighted by Crippen LogP contribution is -2.40. The largest absolute Gasteiger partial charge is 0.378 e. The van der Waals surface area contributed by atoms with Crippen molar-refractivity contribution in [3.63, 3.8) is 0 Å². The van der Waals surface area contributed by atoms with Crippen LogP contribution in [0.4, 0.5) is 4.39 Å². The predicted octanol–water partition coefficient (Wildman–Crippen LogP) is 2.15. The molecule has 2 heterocycles. The van der Waals surface area contributed by atoms with Gasteiger partial charge in [-0.15, -0.1) is 11.3 Å². The van der Waals surface area contributed by atoms with Gasteiger partial charge in [-0.25, -0.2) is 9.37 Å². The quantitative estimate of drug-likeness (QED) is 0.757. The summed E-state index contributed by atoms with van der Waals surface area (Å²) in [5.74, 6) is 5.34. The topological polar surface area (TPSA) is 42.4 Å². The molecule has 3 rings (SSSR count). The molecule has 22 heavy (non-hydrogen) atoms. The number of morpholine rings is 1. The van der Waals surface area contributed by atoms with E-state index in [-0.39, 0.29) is 11.7 Å². The summed E-state index contributed by atoms with van der Waals surface area (Å²) in [6.45, 7) is 2.33. The predicted molar refractivity (Wildman–Crippen MR) is 81.2 cm³/mol. The standard InChI is InChI=1S/C16H13FN2O2S/c17-13-3-1-2-12(10-13)4-5-15-18-11-14(22-15)16(20)19-6-8-21-9-7-19/h1-3,10-11H,6-9H2. The Morgan fingerprint density at radius 1 is 1.32 bits per heavy atom. The highest BCUT2D eigenvalue weighted by Crippen LogP contribution is 2.15. The fourth-order valence-electron chi connectivity index (χ4n) is 2.04. The number of amides is 1. The van der Waals surface area contributed by atoms with Crippen molar-refractivity contribution in [3.05, 3.63) is 51.7 Å². The Balaban J connectivity index is 1.72. The summed E-state index contributed by atoms with van der Waals surface area (Å²) >= 11 is 1.25. The summed E-state index contributed by atoms with van der Waals surface area (Å²) in [6, 6.07) is 6.06. The highest BCUT2D eigenvalue weighted by atomic mass is 32.1. The number of carbonyl (C=O) groups is 1. The molecule has 1 aliphatic rings. The Labute approximate surface area is 131 Å². The van der Waals surface area contributed by atoms with Crippen LogP contribution in [0.3, 0.4) is 0 Å². The number of ether oxygens (including phenoxy) is 1. The number of thiazole rings is 1. The average Bonchev–Trinajstić information content (AvgIpc) is 3.02. The second kappa shape index (κ2) is 6.69. The third-order valence-corrected chi connectivity index (χ3v) is 4.05. The van der Waals surface area contributed by atoms with E-state index < -0.39 is 0 Å². The number of halogens is 1. The summed E-state index contributed by atoms with van der Waals surface area (Å²) in [5, 5.41) is 0.542. The van der Waals surface area contributed by atoms with Crippen LogP contribution in [0, 0.1) is 17.7 Å². The molecule has 0 aliphatic carbocycles. The van der Waals surface area contributed by atoms with E-state index in [1.165, 1.54) is 29.7 Å². The molecule has 1 aliphatic heterocycles. The number of aromatic nitrogens is 1. The molecule has 1 saturated heterocycles. The van der Waals surface area contributed by atoms with Gasteiger partial charge in [-0.1, -0.05) is 12.0 Å². The first kappa shape index (κ1) is 14.7. The molecule has 0 saturated carbocycles. The first-order valence-corrected chi connectivity index (χ1v) is 7.64. The van der Waals surface area contributed by atoms with E-state index in [0.717, 1.165) is 0 Å². The molecule has 6 heteroatoms. The molecular weight excluding hydrogens is 303 g/mol. The van der Waals surface area contributed by atoms with Crippen LogP contribution >= 0.6 is 11.3 Å². The van der Waals surface area contributed by atoms with Gasteiger partial charge in [0.25, 0.3) is 5.91 Å². The highest BCUT2D eigenvalue weighted by molar-refractivity contribution is 7.14. The molecule has 0 spiro atoms. The molecule has 0 N–H and O–H groups in total. The number of rotatable bonds is 1. The maximum absolute atomic E-state index is 13.1. The van der Waals surface area contributed by atoms with E-state index in [1.807, 2.05) is 0 Å². The molecule has 0 bridgehead atoms. The first-order valence-electron chi connectivity index (χ1n) is 6.83. The lowest BCUT2D eigenvalue weighted by atomic mass is 10.2. The molecule has 1 aromatic carbocycles. The molecule has 2 aromatic rings. The Hall–Kier alpha value is -2.23. The maximum atomic E-state index is 13.1. The second-order valence-electron chi connectivity index (χ2n) is 4.69. The van der Waals surface area contributed by atoms with Gasteiger partial charge in [-0.05, 0) is 24.1 Å². The van der Waals surface area contributed by atoms with Crippen molar-refractivity contribution in [2.45, 2.75) is 0 Å². The van der Waals surface area contributed by atoms with E-state index in [1.54, 1.807) is 17.0 Å². The highest BCUT2D eigenvalue weighted by Gasteiger charge is 2.20. The van der Waals surface area contributed by atoms with Gasteiger partial charge < -0.3 is 9.64 Å². The Kier molecular flexibility index (Phi) is 4.47. The second-order valence-corrected chi connectivity index (χ2v) is 5.73. The lowest BCUT2D eigenvalue weighted by Gasteiger charge is -2.26. The van der Waals surface area contributed by atoms with Crippen molar-refractivity contribution in [1.29, 1.82) is 0 Å². The molecule has 1 fully saturated rings. The van der Waals surface area contributed by atoms with Gasteiger partial charge in [-0.2, -0.15) is 0 Å². The summed E-state index contributed by atoms with van der Waals surface area (Å²) in [7, 11) is 0. The third-order valence-electron chi connectivity index (χ3n) is 3.15. The normalized spacial score (nSPS) is 14.3. The van der Waals surface area contributed by atoms with E-state index in [2.05, 4.69) is 16.8 Å². The zero-order valence-electron chi connectivity index (χ0n) is 11.7. The van der Waals surface area contributed by atoms with Crippen molar-refractivity contribution in [2.75, 3.05) is 26.3 Å². The number of benzene rings is 1. The minimum absolute atomic E-state index is 0.0420. The van der Waals surface area contributed by atoms with E-state index in [0.29, 0.717) is 41.8 Å². The van der Waals surface area contributed by atoms with Crippen molar-refractivity contribution in [3.8, 4) is 11.8 Å². The van der Waals surface area contributed by atoms with Crippen LogP contribution in [0.25, 0.3) is 0 Å². The monoisotopic (exact) mass is 316 g/mol. The van der Waals surface area contributed by atoms with Crippen LogP contribution in [0.5, 0.6) is 0 Å². The molecule has 0 atom stereocenters. The average molecular weight is 316 g/mol. The smallest absolute Gasteiger partial charge is 0.265 e. The van der Waals surface area contributed by atoms with Gasteiger partial charge in [-0.3, -0.25) is 4.79 Å². The zero-order chi connectivity index (χ0) is 15.4. The summed E-state index contributed by atoms with van der Waals surface area (Å²) in [6.07, 6.45) is 1.54. The molecule has 0 unspecified atom stereocenters. The summed E-state index contributed by atoms with van der Waals surface area (Å²) in [5.41, 5.74) is 0.580. The van der Waals surface area contributed by atoms with Crippen LogP contribution in [-0.2, 0) is 4.74 Å². The van der Waals surface area contributed by atoms with Gasteiger partial charge in [0.05, 0.1) is 19.4 Å². The van der Waals surface area contributed by atoms with Gasteiger partial charge >= 0.3 is 0 Å². The molecule has 0 radical (unpaired) electrons. The van der Waals surface area contributed by atoms with E-state index >= 15 is 0 Å². The Morgan fingerprint density at radius 3 is 2.91 bits per heavy atom. The number of carbonyl (C=O) groups excluding carboxylic acids is 1. The summed E-state index contributed by atoms with van der Waals surface area (Å²) in [4.78, 5) is 18.7. The van der Waals surface area contributed by atoms with Gasteiger partial charge in [0, 0.05) is 18.7 Å². The lowest BCUT2D eigenvalue weighted by molar-refractivity contribution is 0.0306. The molecule has 4 nitrogen and oxygen atoms in total. The van der Waals surface area contributed by atoms with Crippen molar-refractivity contribution in [2.24, 2.45) is 0 Å². The molecule has 1 aromatic heterocycles. The molecule has 112 valence electrons. The van der Waals surface area contributed by atoms with Crippen molar-refractivity contribution >= 4 is 17.2 Å². The fraction of sp³-hybridized carbons (Fsp3) is 0.250. The van der Waals surface area contributed by atoms with Crippen LogP contribution in [0.15, 0.2) is 30.5 Å². The molecular formula is C16H13FN2O2S. The SMILES string of the molecule is O=C(c1cnc(C#Cc2cccc(F)c2)s1)N1CCOCC1. The Morgan fingerprint density at radius 2 is 2.14 bits per heavy atom. The fourth-order valence-corrected chi connectivity index (χ4v) is 2.78. The van der Waals surface area contributed by atoms with Crippen LogP contribution < -0.4 is 0 Å². The first-order chi connectivity index (χ1) is 10.7. The van der Waals surface area contributed by atoms with Gasteiger partial charge in [0.1, 0.15) is 10.7 Å². The van der Waals surface area contributed by atoms with Crippen molar-refractivity contribution in [1.82, 2.24) is 9.88 Å². The third kappa shape index (κ3) is 3.50. The number of hydrogen-bond acceptors (Lipinski definition) is 4. The van der Waals surface area contributed by atoms with E-state index in [4.69, 9.17) is 4.74 Å². The minimum Gasteiger partial charge on any atom is -0.378 e. The number of hydrogen-bond donors (Lipinski definition) is 0. The van der Waals surface area contributed by atoms with Crippen LogP contribution in [-0.4, -0.2) is 42.1 Å². The van der Waals surface area contributed by atoms with Gasteiger partial charge in [0.2, 0.25) is 0 Å². The van der Waals surface area contributed by atoms with Gasteiger partial charge in [0.15, 0.2) is 5.01 Å². The summed E-state index contributed by atoms with van der Waals surface area (Å²) < 4.78 is 18.3. The molecule has 1 amide bonds. The van der Waals surface area contributed by atoms with E-state index in [9.17, 15) is 9.18 Å². The maximum Gasteiger partial charge on any atom is 0.265 e. The van der Waals surface area contributed by atoms with Crippen LogP contribution in [0.1, 0.15) is 20.2 Å². The van der Waals surface area contributed by atoms with Crippen molar-refractivity contribution < 1.29 is 13.9 Å². The minimum atomic E-state index is -0.325. The Bertz CT molecular complexity index is 742.